The maximum absolute atomic E-state index is 12.9. The van der Waals surface area contributed by atoms with Crippen molar-refractivity contribution < 1.29 is 9.21 Å². The molecule has 2 bridgehead atoms. The van der Waals surface area contributed by atoms with Gasteiger partial charge in [0.05, 0.1) is 0 Å². The van der Waals surface area contributed by atoms with Crippen LogP contribution in [-0.2, 0) is 6.42 Å². The number of benzene rings is 1. The Morgan fingerprint density at radius 1 is 1.19 bits per heavy atom. The van der Waals surface area contributed by atoms with Crippen molar-refractivity contribution in [3.05, 3.63) is 66.2 Å². The number of furan rings is 1. The summed E-state index contributed by atoms with van der Waals surface area (Å²) in [5.41, 5.74) is 1.97. The van der Waals surface area contributed by atoms with Crippen LogP contribution in [0.5, 0.6) is 0 Å². The van der Waals surface area contributed by atoms with E-state index in [2.05, 4.69) is 21.3 Å². The highest BCUT2D eigenvalue weighted by Crippen LogP contribution is 2.34. The van der Waals surface area contributed by atoms with Gasteiger partial charge in [-0.05, 0) is 62.0 Å². The fourth-order valence-corrected chi connectivity index (χ4v) is 4.70. The van der Waals surface area contributed by atoms with Crippen LogP contribution in [0.4, 0.5) is 0 Å². The number of rotatable bonds is 4. The number of pyridine rings is 1. The number of para-hydroxylation sites is 1. The van der Waals surface area contributed by atoms with Crippen molar-refractivity contribution in [1.82, 2.24) is 15.2 Å². The third-order valence-electron chi connectivity index (χ3n) is 6.08. The zero-order valence-electron chi connectivity index (χ0n) is 15.2. The summed E-state index contributed by atoms with van der Waals surface area (Å²) >= 11 is 0. The lowest BCUT2D eigenvalue weighted by molar-refractivity contribution is 0.0131. The average molecular weight is 361 g/mol. The van der Waals surface area contributed by atoms with Gasteiger partial charge in [0.2, 0.25) is 0 Å². The SMILES string of the molecule is O=C(NC1C2CCN(CC2)[C@H]1Cc1cccnc1)c1cc2ccccc2o1. The van der Waals surface area contributed by atoms with Crippen molar-refractivity contribution in [2.75, 3.05) is 13.1 Å². The van der Waals surface area contributed by atoms with Crippen molar-refractivity contribution in [2.24, 2.45) is 5.92 Å². The molecule has 0 aliphatic carbocycles. The first kappa shape index (κ1) is 16.5. The van der Waals surface area contributed by atoms with Crippen LogP contribution < -0.4 is 5.32 Å². The number of piperidine rings is 3. The second-order valence-corrected chi connectivity index (χ2v) is 7.65. The number of carbonyl (C=O) groups excluding carboxylic acids is 1. The minimum atomic E-state index is -0.110. The van der Waals surface area contributed by atoms with E-state index in [0.29, 0.717) is 17.7 Å². The molecule has 2 atom stereocenters. The fraction of sp³-hybridized carbons (Fsp3) is 0.364. The molecule has 0 radical (unpaired) electrons. The van der Waals surface area contributed by atoms with Gasteiger partial charge in [-0.2, -0.15) is 0 Å². The second-order valence-electron chi connectivity index (χ2n) is 7.65. The summed E-state index contributed by atoms with van der Waals surface area (Å²) < 4.78 is 5.77. The molecule has 1 aromatic carbocycles. The van der Waals surface area contributed by atoms with E-state index in [1.165, 1.54) is 5.56 Å². The predicted octanol–water partition coefficient (Wildman–Crippen LogP) is 3.26. The number of fused-ring (bicyclic) bond motifs is 4. The van der Waals surface area contributed by atoms with Gasteiger partial charge in [0, 0.05) is 29.9 Å². The number of amides is 1. The Balaban J connectivity index is 1.38. The Morgan fingerprint density at radius 3 is 2.81 bits per heavy atom. The third kappa shape index (κ3) is 3.12. The number of nitrogens with zero attached hydrogens (tertiary/aromatic N) is 2. The largest absolute Gasteiger partial charge is 0.451 e. The smallest absolute Gasteiger partial charge is 0.287 e. The molecule has 1 amide bonds. The predicted molar refractivity (Wildman–Crippen MR) is 103 cm³/mol. The highest BCUT2D eigenvalue weighted by atomic mass is 16.3. The van der Waals surface area contributed by atoms with Gasteiger partial charge >= 0.3 is 0 Å². The van der Waals surface area contributed by atoms with Crippen LogP contribution in [0, 0.1) is 5.92 Å². The molecule has 3 aliphatic rings. The van der Waals surface area contributed by atoms with E-state index in [0.717, 1.165) is 43.3 Å². The van der Waals surface area contributed by atoms with Crippen molar-refractivity contribution in [1.29, 1.82) is 0 Å². The first-order valence-corrected chi connectivity index (χ1v) is 9.70. The Hall–Kier alpha value is -2.66. The molecule has 3 fully saturated rings. The zero-order chi connectivity index (χ0) is 18.2. The summed E-state index contributed by atoms with van der Waals surface area (Å²) in [6.07, 6.45) is 6.94. The Kier molecular flexibility index (Phi) is 4.17. The van der Waals surface area contributed by atoms with Crippen LogP contribution in [0.3, 0.4) is 0 Å². The lowest BCUT2D eigenvalue weighted by Crippen LogP contribution is -2.64. The van der Waals surface area contributed by atoms with Crippen LogP contribution in [0.15, 0.2) is 59.3 Å². The molecule has 27 heavy (non-hydrogen) atoms. The van der Waals surface area contributed by atoms with Crippen LogP contribution in [0.1, 0.15) is 29.0 Å². The first-order valence-electron chi connectivity index (χ1n) is 9.70. The summed E-state index contributed by atoms with van der Waals surface area (Å²) in [6.45, 7) is 2.24. The van der Waals surface area contributed by atoms with E-state index in [4.69, 9.17) is 4.42 Å². The fourth-order valence-electron chi connectivity index (χ4n) is 4.70. The monoisotopic (exact) mass is 361 g/mol. The van der Waals surface area contributed by atoms with Crippen molar-refractivity contribution in [3.63, 3.8) is 0 Å². The van der Waals surface area contributed by atoms with Crippen molar-refractivity contribution in [2.45, 2.75) is 31.3 Å². The van der Waals surface area contributed by atoms with Crippen molar-refractivity contribution in [3.8, 4) is 0 Å². The Bertz CT molecular complexity index is 911. The zero-order valence-corrected chi connectivity index (χ0v) is 15.2. The average Bonchev–Trinajstić information content (AvgIpc) is 3.16. The molecule has 6 rings (SSSR count). The molecule has 0 saturated carbocycles. The summed E-state index contributed by atoms with van der Waals surface area (Å²) in [7, 11) is 0. The molecule has 1 N–H and O–H groups in total. The standard InChI is InChI=1S/C22H23N3O2/c26-22(20-13-17-5-1-2-6-19(17)27-20)24-21-16-7-10-25(11-8-16)18(21)12-15-4-3-9-23-14-15/h1-6,9,13-14,16,18,21H,7-8,10-12H2,(H,24,26)/t18-,21?/m0/s1. The van der Waals surface area contributed by atoms with E-state index >= 15 is 0 Å². The summed E-state index contributed by atoms with van der Waals surface area (Å²) in [5.74, 6) is 0.818. The van der Waals surface area contributed by atoms with Gasteiger partial charge in [-0.25, -0.2) is 0 Å². The lowest BCUT2D eigenvalue weighted by Gasteiger charge is -2.51. The Morgan fingerprint density at radius 2 is 2.04 bits per heavy atom. The molecular weight excluding hydrogens is 338 g/mol. The van der Waals surface area contributed by atoms with Gasteiger partial charge in [-0.15, -0.1) is 0 Å². The molecule has 1 unspecified atom stereocenters. The molecule has 0 spiro atoms. The molecule has 3 aromatic rings. The third-order valence-corrected chi connectivity index (χ3v) is 6.08. The van der Waals surface area contributed by atoms with Crippen LogP contribution >= 0.6 is 0 Å². The molecule has 138 valence electrons. The quantitative estimate of drug-likeness (QED) is 0.775. The molecule has 2 aromatic heterocycles. The summed E-state index contributed by atoms with van der Waals surface area (Å²) in [5, 5.41) is 4.26. The maximum atomic E-state index is 12.9. The highest BCUT2D eigenvalue weighted by molar-refractivity contribution is 5.96. The van der Waals surface area contributed by atoms with Gasteiger partial charge in [0.25, 0.3) is 5.91 Å². The van der Waals surface area contributed by atoms with E-state index in [1.807, 2.05) is 42.6 Å². The Labute approximate surface area is 158 Å². The lowest BCUT2D eigenvalue weighted by atomic mass is 9.76. The molecule has 5 nitrogen and oxygen atoms in total. The second kappa shape index (κ2) is 6.82. The van der Waals surface area contributed by atoms with Gasteiger partial charge in [-0.1, -0.05) is 24.3 Å². The molecule has 3 aliphatic heterocycles. The normalized spacial score (nSPS) is 27.0. The van der Waals surface area contributed by atoms with Gasteiger partial charge in [0.1, 0.15) is 5.58 Å². The molecular formula is C22H23N3O2. The number of hydrogen-bond donors (Lipinski definition) is 1. The van der Waals surface area contributed by atoms with Crippen LogP contribution in [0.25, 0.3) is 11.0 Å². The highest BCUT2D eigenvalue weighted by Gasteiger charge is 2.43. The minimum Gasteiger partial charge on any atom is -0.451 e. The minimum absolute atomic E-state index is 0.110. The van der Waals surface area contributed by atoms with E-state index in [9.17, 15) is 4.79 Å². The first-order chi connectivity index (χ1) is 13.3. The van der Waals surface area contributed by atoms with Gasteiger partial charge in [0.15, 0.2) is 5.76 Å². The number of hydrogen-bond acceptors (Lipinski definition) is 4. The van der Waals surface area contributed by atoms with E-state index in [-0.39, 0.29) is 11.9 Å². The van der Waals surface area contributed by atoms with Crippen molar-refractivity contribution >= 4 is 16.9 Å². The molecule has 5 heteroatoms. The molecule has 5 heterocycles. The number of nitrogens with one attached hydrogen (secondary N) is 1. The van der Waals surface area contributed by atoms with Crippen LogP contribution in [0.2, 0.25) is 0 Å². The summed E-state index contributed by atoms with van der Waals surface area (Å²) in [4.78, 5) is 19.7. The number of carbonyl (C=O) groups is 1. The maximum Gasteiger partial charge on any atom is 0.287 e. The van der Waals surface area contributed by atoms with Crippen LogP contribution in [-0.4, -0.2) is 41.0 Å². The van der Waals surface area contributed by atoms with E-state index in [1.54, 1.807) is 6.20 Å². The van der Waals surface area contributed by atoms with Gasteiger partial charge in [-0.3, -0.25) is 14.7 Å². The molecule has 3 saturated heterocycles. The van der Waals surface area contributed by atoms with Gasteiger partial charge < -0.3 is 9.73 Å². The summed E-state index contributed by atoms with van der Waals surface area (Å²) in [6, 6.07) is 14.1. The number of aromatic nitrogens is 1. The topological polar surface area (TPSA) is 58.4 Å². The van der Waals surface area contributed by atoms with E-state index < -0.39 is 0 Å².